The smallest absolute Gasteiger partial charge is 0.123 e. The van der Waals surface area contributed by atoms with E-state index in [-0.39, 0.29) is 11.9 Å². The third kappa shape index (κ3) is 4.30. The highest BCUT2D eigenvalue weighted by atomic mass is 19.1. The maximum absolute atomic E-state index is 13.4. The zero-order valence-corrected chi connectivity index (χ0v) is 11.7. The third-order valence-electron chi connectivity index (χ3n) is 3.31. The first-order chi connectivity index (χ1) is 8.58. The van der Waals surface area contributed by atoms with E-state index in [0.717, 1.165) is 43.5 Å². The van der Waals surface area contributed by atoms with Crippen molar-refractivity contribution in [2.24, 2.45) is 5.73 Å². The van der Waals surface area contributed by atoms with Crippen molar-refractivity contribution in [2.45, 2.75) is 45.6 Å². The van der Waals surface area contributed by atoms with E-state index < -0.39 is 0 Å². The van der Waals surface area contributed by atoms with Gasteiger partial charge in [0.05, 0.1) is 0 Å². The zero-order valence-electron chi connectivity index (χ0n) is 11.7. The van der Waals surface area contributed by atoms with Crippen molar-refractivity contribution < 1.29 is 4.39 Å². The van der Waals surface area contributed by atoms with Crippen LogP contribution in [0.1, 0.15) is 38.7 Å². The summed E-state index contributed by atoms with van der Waals surface area (Å²) in [7, 11) is 2.06. The maximum Gasteiger partial charge on any atom is 0.123 e. The van der Waals surface area contributed by atoms with E-state index in [9.17, 15) is 4.39 Å². The molecule has 0 aliphatic heterocycles. The van der Waals surface area contributed by atoms with E-state index in [4.69, 9.17) is 5.73 Å². The molecule has 0 amide bonds. The lowest BCUT2D eigenvalue weighted by Crippen LogP contribution is -2.25. The number of benzene rings is 1. The van der Waals surface area contributed by atoms with Gasteiger partial charge in [0.25, 0.3) is 0 Å². The van der Waals surface area contributed by atoms with Crippen LogP contribution in [0.4, 0.5) is 10.1 Å². The Labute approximate surface area is 110 Å². The molecule has 1 aromatic rings. The zero-order chi connectivity index (χ0) is 13.5. The van der Waals surface area contributed by atoms with Gasteiger partial charge in [-0.2, -0.15) is 0 Å². The van der Waals surface area contributed by atoms with Crippen LogP contribution in [0.3, 0.4) is 0 Å². The minimum atomic E-state index is -0.180. The molecule has 0 spiro atoms. The van der Waals surface area contributed by atoms with E-state index in [0.29, 0.717) is 0 Å². The Morgan fingerprint density at radius 2 is 2.06 bits per heavy atom. The number of hydrogen-bond acceptors (Lipinski definition) is 2. The molecule has 1 unspecified atom stereocenters. The maximum atomic E-state index is 13.4. The topological polar surface area (TPSA) is 29.3 Å². The predicted molar refractivity (Wildman–Crippen MR) is 76.5 cm³/mol. The van der Waals surface area contributed by atoms with Crippen LogP contribution in [0.5, 0.6) is 0 Å². The van der Waals surface area contributed by atoms with Crippen molar-refractivity contribution in [3.05, 3.63) is 29.6 Å². The quantitative estimate of drug-likeness (QED) is 0.806. The lowest BCUT2D eigenvalue weighted by molar-refractivity contribution is 0.613. The van der Waals surface area contributed by atoms with Crippen LogP contribution in [0.2, 0.25) is 0 Å². The van der Waals surface area contributed by atoms with Crippen molar-refractivity contribution in [1.29, 1.82) is 0 Å². The summed E-state index contributed by atoms with van der Waals surface area (Å²) >= 11 is 0. The first-order valence-electron chi connectivity index (χ1n) is 6.83. The van der Waals surface area contributed by atoms with Crippen molar-refractivity contribution in [2.75, 3.05) is 18.5 Å². The van der Waals surface area contributed by atoms with Gasteiger partial charge in [-0.25, -0.2) is 4.39 Å². The van der Waals surface area contributed by atoms with Gasteiger partial charge in [-0.15, -0.1) is 0 Å². The molecule has 0 heterocycles. The summed E-state index contributed by atoms with van der Waals surface area (Å²) in [5.74, 6) is -0.180. The first-order valence-corrected chi connectivity index (χ1v) is 6.83. The molecule has 0 saturated carbocycles. The average molecular weight is 252 g/mol. The van der Waals surface area contributed by atoms with Crippen molar-refractivity contribution in [3.63, 3.8) is 0 Å². The van der Waals surface area contributed by atoms with Gasteiger partial charge >= 0.3 is 0 Å². The summed E-state index contributed by atoms with van der Waals surface area (Å²) < 4.78 is 13.4. The fourth-order valence-electron chi connectivity index (χ4n) is 2.03. The Kier molecular flexibility index (Phi) is 6.13. The monoisotopic (exact) mass is 252 g/mol. The predicted octanol–water partition coefficient (Wildman–Crippen LogP) is 3.34. The fraction of sp³-hybridized carbons (Fsp3) is 0.600. The highest BCUT2D eigenvalue weighted by Crippen LogP contribution is 2.22. The van der Waals surface area contributed by atoms with Crippen molar-refractivity contribution >= 4 is 5.69 Å². The molecule has 0 aliphatic rings. The summed E-state index contributed by atoms with van der Waals surface area (Å²) in [6.45, 7) is 5.23. The fourth-order valence-corrected chi connectivity index (χ4v) is 2.03. The Bertz CT molecular complexity index is 366. The van der Waals surface area contributed by atoms with Crippen LogP contribution >= 0.6 is 0 Å². The highest BCUT2D eigenvalue weighted by molar-refractivity contribution is 5.53. The number of halogens is 1. The normalized spacial score (nSPS) is 12.5. The Morgan fingerprint density at radius 3 is 2.67 bits per heavy atom. The number of rotatable bonds is 7. The lowest BCUT2D eigenvalue weighted by atomic mass is 10.0. The molecule has 0 saturated heterocycles. The number of hydrogen-bond donors (Lipinski definition) is 1. The second-order valence-electron chi connectivity index (χ2n) is 4.92. The minimum Gasteiger partial charge on any atom is -0.374 e. The Morgan fingerprint density at radius 1 is 1.33 bits per heavy atom. The van der Waals surface area contributed by atoms with E-state index in [2.05, 4.69) is 25.8 Å². The highest BCUT2D eigenvalue weighted by Gasteiger charge is 2.11. The molecule has 0 aromatic heterocycles. The van der Waals surface area contributed by atoms with E-state index >= 15 is 0 Å². The number of nitrogens with zero attached hydrogens (tertiary/aromatic N) is 1. The van der Waals surface area contributed by atoms with Crippen molar-refractivity contribution in [1.82, 2.24) is 0 Å². The van der Waals surface area contributed by atoms with Gasteiger partial charge in [0.1, 0.15) is 5.82 Å². The van der Waals surface area contributed by atoms with Crippen LogP contribution in [-0.4, -0.2) is 19.6 Å². The third-order valence-corrected chi connectivity index (χ3v) is 3.31. The van der Waals surface area contributed by atoms with Crippen LogP contribution in [0.25, 0.3) is 0 Å². The molecule has 102 valence electrons. The molecular formula is C15H25FN2. The summed E-state index contributed by atoms with van der Waals surface area (Å²) in [5, 5.41) is 0. The van der Waals surface area contributed by atoms with Crippen molar-refractivity contribution in [3.8, 4) is 0 Å². The molecule has 0 radical (unpaired) electrons. The second kappa shape index (κ2) is 7.37. The first kappa shape index (κ1) is 15.0. The van der Waals surface area contributed by atoms with Gasteiger partial charge < -0.3 is 10.6 Å². The minimum absolute atomic E-state index is 0.102. The van der Waals surface area contributed by atoms with Gasteiger partial charge in [-0.3, -0.25) is 0 Å². The SMILES string of the molecule is CCCCN(C)c1ccc(F)cc1CC(N)CC. The van der Waals surface area contributed by atoms with E-state index in [1.165, 1.54) is 6.07 Å². The van der Waals surface area contributed by atoms with Crippen LogP contribution in [0, 0.1) is 5.82 Å². The number of anilines is 1. The molecule has 2 nitrogen and oxygen atoms in total. The second-order valence-corrected chi connectivity index (χ2v) is 4.92. The molecule has 0 fully saturated rings. The summed E-state index contributed by atoms with van der Waals surface area (Å²) in [5.41, 5.74) is 8.11. The van der Waals surface area contributed by atoms with Gasteiger partial charge in [0.15, 0.2) is 0 Å². The van der Waals surface area contributed by atoms with Gasteiger partial charge in [-0.05, 0) is 43.0 Å². The van der Waals surface area contributed by atoms with Gasteiger partial charge in [0, 0.05) is 25.3 Å². The van der Waals surface area contributed by atoms with E-state index in [1.54, 1.807) is 6.07 Å². The lowest BCUT2D eigenvalue weighted by Gasteiger charge is -2.23. The van der Waals surface area contributed by atoms with Gasteiger partial charge in [0.2, 0.25) is 0 Å². The number of nitrogens with two attached hydrogens (primary N) is 1. The summed E-state index contributed by atoms with van der Waals surface area (Å²) in [6, 6.07) is 5.11. The molecule has 0 bridgehead atoms. The largest absolute Gasteiger partial charge is 0.374 e. The Hall–Kier alpha value is -1.09. The molecule has 1 atom stereocenters. The van der Waals surface area contributed by atoms with Crippen LogP contribution in [0.15, 0.2) is 18.2 Å². The van der Waals surface area contributed by atoms with E-state index in [1.807, 2.05) is 6.07 Å². The molecule has 3 heteroatoms. The van der Waals surface area contributed by atoms with Gasteiger partial charge in [-0.1, -0.05) is 20.3 Å². The molecule has 1 aromatic carbocycles. The Balaban J connectivity index is 2.88. The molecule has 0 aliphatic carbocycles. The summed E-state index contributed by atoms with van der Waals surface area (Å²) in [4.78, 5) is 2.20. The molecule has 18 heavy (non-hydrogen) atoms. The molecule has 2 N–H and O–H groups in total. The average Bonchev–Trinajstić information content (AvgIpc) is 2.36. The van der Waals surface area contributed by atoms with Crippen LogP contribution in [-0.2, 0) is 6.42 Å². The standard InChI is InChI=1S/C15H25FN2/c1-4-6-9-18(3)15-8-7-13(16)10-12(15)11-14(17)5-2/h7-8,10,14H,4-6,9,11,17H2,1-3H3. The number of unbranched alkanes of at least 4 members (excludes halogenated alkanes) is 1. The van der Waals surface area contributed by atoms with Crippen LogP contribution < -0.4 is 10.6 Å². The molecular weight excluding hydrogens is 227 g/mol. The molecule has 1 rings (SSSR count). The summed E-state index contributed by atoms with van der Waals surface area (Å²) in [6.07, 6.45) is 3.96.